The molecule has 3 aliphatic carbocycles. The van der Waals surface area contributed by atoms with E-state index < -0.39 is 15.4 Å². The Morgan fingerprint density at radius 1 is 1.06 bits per heavy atom. The fraction of sp³-hybridized carbons (Fsp3) is 0.640. The summed E-state index contributed by atoms with van der Waals surface area (Å²) < 4.78 is 39.6. The highest BCUT2D eigenvalue weighted by molar-refractivity contribution is 7.89. The molecule has 0 unspecified atom stereocenters. The summed E-state index contributed by atoms with van der Waals surface area (Å²) in [7, 11) is -0.256. The number of carbonyl (C=O) groups excluding carboxylic acids is 1. The molecule has 1 aromatic rings. The molecule has 1 aliphatic heterocycles. The Morgan fingerprint density at radius 3 is 2.28 bits per heavy atom. The van der Waals surface area contributed by atoms with Gasteiger partial charge in [-0.15, -0.1) is 0 Å². The van der Waals surface area contributed by atoms with Crippen LogP contribution in [-0.2, 0) is 20.2 Å². The normalized spacial score (nSPS) is 30.1. The van der Waals surface area contributed by atoms with Gasteiger partial charge in [-0.1, -0.05) is 26.0 Å². The van der Waals surface area contributed by atoms with Gasteiger partial charge in [-0.3, -0.25) is 4.79 Å². The quantitative estimate of drug-likeness (QED) is 0.670. The number of hydrogen-bond donors (Lipinski definition) is 0. The number of fused-ring (bicyclic) bond motifs is 4. The molecule has 0 aromatic heterocycles. The van der Waals surface area contributed by atoms with E-state index in [1.807, 2.05) is 12.1 Å². The monoisotopic (exact) mass is 459 g/mol. The maximum atomic E-state index is 13.5. The third kappa shape index (κ3) is 2.86. The molecule has 0 radical (unpaired) electrons. The van der Waals surface area contributed by atoms with Crippen LogP contribution in [0.5, 0.6) is 11.5 Å². The first kappa shape index (κ1) is 22.0. The molecule has 2 bridgehead atoms. The van der Waals surface area contributed by atoms with Crippen LogP contribution in [0.1, 0.15) is 57.1 Å². The van der Waals surface area contributed by atoms with Gasteiger partial charge in [0, 0.05) is 30.3 Å². The Morgan fingerprint density at radius 2 is 1.72 bits per heavy atom. The average Bonchev–Trinajstić information content (AvgIpc) is 3.28. The number of ether oxygens (including phenoxy) is 2. The maximum Gasteiger partial charge on any atom is 0.215 e. The van der Waals surface area contributed by atoms with Crippen molar-refractivity contribution in [2.45, 2.75) is 51.4 Å². The number of ketones is 1. The Hall–Kier alpha value is -1.86. The second kappa shape index (κ2) is 7.07. The fourth-order valence-electron chi connectivity index (χ4n) is 6.91. The van der Waals surface area contributed by atoms with Gasteiger partial charge in [0.25, 0.3) is 0 Å². The van der Waals surface area contributed by atoms with Gasteiger partial charge in [0.1, 0.15) is 5.78 Å². The van der Waals surface area contributed by atoms with Gasteiger partial charge in [-0.05, 0) is 60.3 Å². The molecule has 0 amide bonds. The number of allylic oxidation sites excluding steroid dienone is 1. The molecule has 2 atom stereocenters. The number of methoxy groups -OCH3 is 2. The number of Topliss-reactive ketones (excluding diaryl/α,β-unsaturated/α-hetero) is 1. The van der Waals surface area contributed by atoms with Gasteiger partial charge >= 0.3 is 0 Å². The van der Waals surface area contributed by atoms with Crippen molar-refractivity contribution in [3.8, 4) is 11.5 Å². The highest BCUT2D eigenvalue weighted by Gasteiger charge is 2.65. The number of piperidine rings is 1. The zero-order valence-electron chi connectivity index (χ0n) is 19.4. The van der Waals surface area contributed by atoms with Gasteiger partial charge in [-0.25, -0.2) is 12.7 Å². The van der Waals surface area contributed by atoms with Gasteiger partial charge in [-0.2, -0.15) is 0 Å². The Labute approximate surface area is 191 Å². The molecule has 7 heteroatoms. The van der Waals surface area contributed by atoms with Crippen molar-refractivity contribution in [3.05, 3.63) is 29.3 Å². The molecule has 0 N–H and O–H groups in total. The summed E-state index contributed by atoms with van der Waals surface area (Å²) in [5.74, 6) is 1.84. The van der Waals surface area contributed by atoms with Crippen molar-refractivity contribution in [1.29, 1.82) is 0 Å². The minimum absolute atomic E-state index is 0.0349. The van der Waals surface area contributed by atoms with E-state index in [1.54, 1.807) is 18.5 Å². The zero-order valence-corrected chi connectivity index (χ0v) is 20.3. The van der Waals surface area contributed by atoms with E-state index >= 15 is 0 Å². The zero-order chi connectivity index (χ0) is 22.9. The molecule has 1 heterocycles. The van der Waals surface area contributed by atoms with E-state index in [9.17, 15) is 13.2 Å². The molecule has 2 saturated carbocycles. The van der Waals surface area contributed by atoms with Crippen LogP contribution in [0.25, 0.3) is 6.08 Å². The fourth-order valence-corrected chi connectivity index (χ4v) is 9.13. The van der Waals surface area contributed by atoms with Crippen LogP contribution >= 0.6 is 0 Å². The van der Waals surface area contributed by atoms with E-state index in [0.717, 1.165) is 24.8 Å². The Kier molecular flexibility index (Phi) is 4.85. The minimum Gasteiger partial charge on any atom is -0.493 e. The number of rotatable bonds is 5. The molecular formula is C25H33NO5S. The predicted molar refractivity (Wildman–Crippen MR) is 123 cm³/mol. The predicted octanol–water partition coefficient (Wildman–Crippen LogP) is 3.79. The van der Waals surface area contributed by atoms with Crippen molar-refractivity contribution in [3.63, 3.8) is 0 Å². The second-order valence-electron chi connectivity index (χ2n) is 10.6. The summed E-state index contributed by atoms with van der Waals surface area (Å²) in [5.41, 5.74) is 1.15. The third-order valence-electron chi connectivity index (χ3n) is 9.25. The molecule has 6 nitrogen and oxygen atoms in total. The number of benzene rings is 1. The first-order valence-electron chi connectivity index (χ1n) is 11.6. The molecule has 4 aliphatic rings. The molecule has 5 rings (SSSR count). The number of hydrogen-bond acceptors (Lipinski definition) is 5. The summed E-state index contributed by atoms with van der Waals surface area (Å²) in [6.45, 7) is 5.12. The minimum atomic E-state index is -3.52. The lowest BCUT2D eigenvalue weighted by Gasteiger charge is -2.41. The van der Waals surface area contributed by atoms with Crippen LogP contribution in [0.4, 0.5) is 0 Å². The lowest BCUT2D eigenvalue weighted by Crippen LogP contribution is -2.50. The van der Waals surface area contributed by atoms with Crippen LogP contribution in [0.3, 0.4) is 0 Å². The van der Waals surface area contributed by atoms with Gasteiger partial charge in [0.15, 0.2) is 11.5 Å². The summed E-state index contributed by atoms with van der Waals surface area (Å²) in [6.07, 6.45) is 7.97. The van der Waals surface area contributed by atoms with E-state index in [4.69, 9.17) is 9.47 Å². The van der Waals surface area contributed by atoms with Crippen molar-refractivity contribution in [2.24, 2.45) is 16.7 Å². The largest absolute Gasteiger partial charge is 0.493 e. The molecule has 1 saturated heterocycles. The van der Waals surface area contributed by atoms with Crippen LogP contribution in [-0.4, -0.2) is 51.6 Å². The van der Waals surface area contributed by atoms with E-state index in [2.05, 4.69) is 26.0 Å². The molecular weight excluding hydrogens is 426 g/mol. The van der Waals surface area contributed by atoms with Crippen LogP contribution in [0, 0.1) is 16.7 Å². The second-order valence-corrected chi connectivity index (χ2v) is 12.6. The first-order chi connectivity index (χ1) is 15.1. The Bertz CT molecular complexity index is 1100. The topological polar surface area (TPSA) is 72.9 Å². The lowest BCUT2D eigenvalue weighted by atomic mass is 9.70. The lowest BCUT2D eigenvalue weighted by molar-refractivity contribution is -0.128. The molecule has 1 aromatic carbocycles. The third-order valence-corrected chi connectivity index (χ3v) is 11.3. The maximum absolute atomic E-state index is 13.5. The highest BCUT2D eigenvalue weighted by Crippen LogP contribution is 2.64. The summed E-state index contributed by atoms with van der Waals surface area (Å²) in [6, 6.07) is 4.03. The number of carbonyl (C=O) groups is 1. The van der Waals surface area contributed by atoms with Gasteiger partial charge in [0.2, 0.25) is 10.0 Å². The Balaban J connectivity index is 1.36. The van der Waals surface area contributed by atoms with E-state index in [1.165, 1.54) is 5.56 Å². The average molecular weight is 460 g/mol. The number of nitrogens with zero attached hydrogens (tertiary/aromatic N) is 1. The van der Waals surface area contributed by atoms with E-state index in [0.29, 0.717) is 43.3 Å². The van der Waals surface area contributed by atoms with Crippen LogP contribution in [0.2, 0.25) is 0 Å². The van der Waals surface area contributed by atoms with E-state index in [-0.39, 0.29) is 22.4 Å². The summed E-state index contributed by atoms with van der Waals surface area (Å²) in [4.78, 5) is 12.9. The van der Waals surface area contributed by atoms with Crippen molar-refractivity contribution in [1.82, 2.24) is 4.31 Å². The molecule has 3 fully saturated rings. The van der Waals surface area contributed by atoms with Crippen LogP contribution in [0.15, 0.2) is 18.2 Å². The summed E-state index contributed by atoms with van der Waals surface area (Å²) >= 11 is 0. The standard InChI is InChI=1S/C25H33NO5S/c1-23(2)18-6-8-25(23,22(27)14-18)16-32(28,29)26-11-9-24(10-12-26)7-5-17-13-20(30-3)21(31-4)15-19(17)24/h5,7,13,15,18H,6,8-12,14,16H2,1-4H3/t18-,25-/m1/s1. The van der Waals surface area contributed by atoms with Crippen molar-refractivity contribution >= 4 is 21.9 Å². The SMILES string of the molecule is COc1cc2c(cc1OC)C1(C=C2)CCN(S(=O)(=O)C[C@]23CC[C@H](CC2=O)C3(C)C)CC1. The smallest absolute Gasteiger partial charge is 0.215 e. The first-order valence-corrected chi connectivity index (χ1v) is 13.2. The highest BCUT2D eigenvalue weighted by atomic mass is 32.2. The van der Waals surface area contributed by atoms with Crippen LogP contribution < -0.4 is 9.47 Å². The summed E-state index contributed by atoms with van der Waals surface area (Å²) in [5, 5.41) is 0. The van der Waals surface area contributed by atoms with Gasteiger partial charge < -0.3 is 9.47 Å². The molecule has 174 valence electrons. The molecule has 1 spiro atoms. The van der Waals surface area contributed by atoms with Crippen molar-refractivity contribution in [2.75, 3.05) is 33.1 Å². The number of sulfonamides is 1. The van der Waals surface area contributed by atoms with Crippen molar-refractivity contribution < 1.29 is 22.7 Å². The molecule has 32 heavy (non-hydrogen) atoms. The van der Waals surface area contributed by atoms with Gasteiger partial charge in [0.05, 0.1) is 20.0 Å².